The second-order valence-electron chi connectivity index (χ2n) is 3.54. The van der Waals surface area contributed by atoms with E-state index < -0.39 is 0 Å². The molecule has 0 unspecified atom stereocenters. The molecule has 0 saturated carbocycles. The SMILES string of the molecule is Cc1ccc(N(N)c2cccnc2)c(Br)c1. The summed E-state index contributed by atoms with van der Waals surface area (Å²) in [6.07, 6.45) is 3.45. The summed E-state index contributed by atoms with van der Waals surface area (Å²) in [5, 5.41) is 1.61. The first-order chi connectivity index (χ1) is 7.68. The van der Waals surface area contributed by atoms with Crippen molar-refractivity contribution in [1.82, 2.24) is 4.98 Å². The van der Waals surface area contributed by atoms with Crippen LogP contribution in [0.15, 0.2) is 47.2 Å². The summed E-state index contributed by atoms with van der Waals surface area (Å²) in [7, 11) is 0. The average molecular weight is 278 g/mol. The zero-order valence-electron chi connectivity index (χ0n) is 8.89. The van der Waals surface area contributed by atoms with E-state index in [2.05, 4.69) is 20.9 Å². The van der Waals surface area contributed by atoms with Gasteiger partial charge in [0.2, 0.25) is 0 Å². The zero-order valence-corrected chi connectivity index (χ0v) is 10.5. The quantitative estimate of drug-likeness (QED) is 0.677. The van der Waals surface area contributed by atoms with E-state index >= 15 is 0 Å². The number of aromatic nitrogens is 1. The van der Waals surface area contributed by atoms with E-state index in [1.54, 1.807) is 17.4 Å². The van der Waals surface area contributed by atoms with Gasteiger partial charge < -0.3 is 0 Å². The number of pyridine rings is 1. The Labute approximate surface area is 103 Å². The minimum absolute atomic E-state index is 0.854. The maximum Gasteiger partial charge on any atom is 0.0758 e. The molecule has 0 atom stereocenters. The number of halogens is 1. The Hall–Kier alpha value is -1.39. The van der Waals surface area contributed by atoms with Gasteiger partial charge in [0.05, 0.1) is 17.6 Å². The fourth-order valence-corrected chi connectivity index (χ4v) is 2.13. The lowest BCUT2D eigenvalue weighted by Crippen LogP contribution is -2.25. The third-order valence-electron chi connectivity index (χ3n) is 2.29. The number of nitrogens with two attached hydrogens (primary N) is 1. The van der Waals surface area contributed by atoms with Gasteiger partial charge in [-0.25, -0.2) is 5.84 Å². The number of hydrogen-bond acceptors (Lipinski definition) is 3. The fraction of sp³-hybridized carbons (Fsp3) is 0.0833. The van der Waals surface area contributed by atoms with Crippen LogP contribution in [0.1, 0.15) is 5.56 Å². The summed E-state index contributed by atoms with van der Waals surface area (Å²) >= 11 is 3.50. The van der Waals surface area contributed by atoms with Gasteiger partial charge in [0.1, 0.15) is 0 Å². The third kappa shape index (κ3) is 2.23. The van der Waals surface area contributed by atoms with E-state index in [-0.39, 0.29) is 0 Å². The van der Waals surface area contributed by atoms with E-state index in [1.165, 1.54) is 5.56 Å². The molecule has 1 heterocycles. The summed E-state index contributed by atoms with van der Waals surface area (Å²) in [4.78, 5) is 4.04. The van der Waals surface area contributed by atoms with Gasteiger partial charge in [-0.3, -0.25) is 9.99 Å². The molecule has 0 aliphatic rings. The van der Waals surface area contributed by atoms with Gasteiger partial charge in [-0.15, -0.1) is 0 Å². The second-order valence-corrected chi connectivity index (χ2v) is 4.39. The second kappa shape index (κ2) is 4.63. The lowest BCUT2D eigenvalue weighted by molar-refractivity contribution is 1.07. The van der Waals surface area contributed by atoms with Crippen LogP contribution in [-0.4, -0.2) is 4.98 Å². The topological polar surface area (TPSA) is 42.1 Å². The number of rotatable bonds is 2. The molecule has 82 valence electrons. The number of nitrogens with zero attached hydrogens (tertiary/aromatic N) is 2. The van der Waals surface area contributed by atoms with Crippen molar-refractivity contribution >= 4 is 27.3 Å². The number of aryl methyl sites for hydroxylation is 1. The monoisotopic (exact) mass is 277 g/mol. The van der Waals surface area contributed by atoms with Gasteiger partial charge in [0, 0.05) is 10.7 Å². The van der Waals surface area contributed by atoms with Crippen molar-refractivity contribution in [1.29, 1.82) is 0 Å². The number of hydrogen-bond donors (Lipinski definition) is 1. The van der Waals surface area contributed by atoms with Gasteiger partial charge in [0.15, 0.2) is 0 Å². The highest BCUT2D eigenvalue weighted by Crippen LogP contribution is 2.29. The molecule has 0 aliphatic heterocycles. The number of benzene rings is 1. The largest absolute Gasteiger partial charge is 0.277 e. The molecule has 2 N–H and O–H groups in total. The molecular formula is C12H12BrN3. The Morgan fingerprint density at radius 2 is 2.12 bits per heavy atom. The summed E-state index contributed by atoms with van der Waals surface area (Å²) in [5.41, 5.74) is 2.96. The van der Waals surface area contributed by atoms with Gasteiger partial charge in [-0.1, -0.05) is 6.07 Å². The predicted octanol–water partition coefficient (Wildman–Crippen LogP) is 3.16. The van der Waals surface area contributed by atoms with Crippen LogP contribution >= 0.6 is 15.9 Å². The first-order valence-electron chi connectivity index (χ1n) is 4.89. The molecule has 2 aromatic rings. The molecule has 2 rings (SSSR count). The minimum Gasteiger partial charge on any atom is -0.277 e. The van der Waals surface area contributed by atoms with E-state index in [1.807, 2.05) is 37.3 Å². The molecule has 1 aromatic carbocycles. The summed E-state index contributed by atoms with van der Waals surface area (Å²) in [6, 6.07) is 9.81. The van der Waals surface area contributed by atoms with Crippen LogP contribution in [0.2, 0.25) is 0 Å². The van der Waals surface area contributed by atoms with Crippen LogP contribution in [0.25, 0.3) is 0 Å². The Kier molecular flexibility index (Phi) is 3.22. The Bertz CT molecular complexity index is 485. The van der Waals surface area contributed by atoms with E-state index in [9.17, 15) is 0 Å². The highest BCUT2D eigenvalue weighted by Gasteiger charge is 2.08. The van der Waals surface area contributed by atoms with Crippen molar-refractivity contribution in [2.24, 2.45) is 5.84 Å². The van der Waals surface area contributed by atoms with Crippen LogP contribution in [0.4, 0.5) is 11.4 Å². The molecule has 0 bridgehead atoms. The molecular weight excluding hydrogens is 266 g/mol. The Balaban J connectivity index is 2.38. The molecule has 0 fully saturated rings. The Morgan fingerprint density at radius 1 is 1.31 bits per heavy atom. The standard InChI is InChI=1S/C12H12BrN3/c1-9-4-5-12(11(13)7-9)16(14)10-3-2-6-15-8-10/h2-8H,14H2,1H3. The van der Waals surface area contributed by atoms with Gasteiger partial charge >= 0.3 is 0 Å². The van der Waals surface area contributed by atoms with Crippen LogP contribution < -0.4 is 10.9 Å². The van der Waals surface area contributed by atoms with Crippen molar-refractivity contribution in [2.75, 3.05) is 5.01 Å². The highest BCUT2D eigenvalue weighted by molar-refractivity contribution is 9.10. The van der Waals surface area contributed by atoms with Gasteiger partial charge in [-0.2, -0.15) is 0 Å². The number of hydrazine groups is 1. The molecule has 0 radical (unpaired) electrons. The summed E-state index contributed by atoms with van der Waals surface area (Å²) in [5.74, 6) is 6.03. The first-order valence-corrected chi connectivity index (χ1v) is 5.69. The zero-order chi connectivity index (χ0) is 11.5. The van der Waals surface area contributed by atoms with Crippen molar-refractivity contribution in [2.45, 2.75) is 6.92 Å². The fourth-order valence-electron chi connectivity index (χ4n) is 1.44. The molecule has 0 saturated heterocycles. The normalized spacial score (nSPS) is 10.2. The van der Waals surface area contributed by atoms with Gasteiger partial charge in [-0.05, 0) is 52.7 Å². The number of anilines is 2. The van der Waals surface area contributed by atoms with Crippen molar-refractivity contribution in [3.8, 4) is 0 Å². The molecule has 1 aromatic heterocycles. The minimum atomic E-state index is 0.854. The van der Waals surface area contributed by atoms with E-state index in [0.29, 0.717) is 0 Å². The molecule has 4 heteroatoms. The maximum atomic E-state index is 6.03. The summed E-state index contributed by atoms with van der Waals surface area (Å²) < 4.78 is 0.971. The lowest BCUT2D eigenvalue weighted by atomic mass is 10.2. The molecule has 0 aliphatic carbocycles. The Morgan fingerprint density at radius 3 is 2.75 bits per heavy atom. The van der Waals surface area contributed by atoms with Crippen molar-refractivity contribution < 1.29 is 0 Å². The van der Waals surface area contributed by atoms with Crippen LogP contribution in [0.5, 0.6) is 0 Å². The van der Waals surface area contributed by atoms with E-state index in [4.69, 9.17) is 5.84 Å². The molecule has 3 nitrogen and oxygen atoms in total. The van der Waals surface area contributed by atoms with Crippen molar-refractivity contribution in [3.05, 3.63) is 52.8 Å². The third-order valence-corrected chi connectivity index (χ3v) is 2.92. The highest BCUT2D eigenvalue weighted by atomic mass is 79.9. The molecule has 0 amide bonds. The van der Waals surface area contributed by atoms with Crippen molar-refractivity contribution in [3.63, 3.8) is 0 Å². The summed E-state index contributed by atoms with van der Waals surface area (Å²) in [6.45, 7) is 2.04. The lowest BCUT2D eigenvalue weighted by Gasteiger charge is -2.19. The van der Waals surface area contributed by atoms with Crippen LogP contribution in [-0.2, 0) is 0 Å². The van der Waals surface area contributed by atoms with Crippen LogP contribution in [0, 0.1) is 6.92 Å². The van der Waals surface area contributed by atoms with Crippen LogP contribution in [0.3, 0.4) is 0 Å². The van der Waals surface area contributed by atoms with Gasteiger partial charge in [0.25, 0.3) is 0 Å². The first kappa shape index (κ1) is 11.1. The average Bonchev–Trinajstić information content (AvgIpc) is 2.29. The molecule has 0 spiro atoms. The predicted molar refractivity (Wildman–Crippen MR) is 69.4 cm³/mol. The maximum absolute atomic E-state index is 6.03. The van der Waals surface area contributed by atoms with E-state index in [0.717, 1.165) is 15.8 Å². The molecule has 16 heavy (non-hydrogen) atoms. The smallest absolute Gasteiger partial charge is 0.0758 e.